The smallest absolute Gasteiger partial charge is 0.384 e. The zero-order chi connectivity index (χ0) is 19.5. The van der Waals surface area contributed by atoms with Gasteiger partial charge >= 0.3 is 6.18 Å². The Morgan fingerprint density at radius 2 is 1.93 bits per heavy atom. The quantitative estimate of drug-likeness (QED) is 0.835. The van der Waals surface area contributed by atoms with Crippen molar-refractivity contribution in [1.29, 1.82) is 0 Å². The lowest BCUT2D eigenvalue weighted by atomic mass is 9.78. The molecule has 1 aliphatic heterocycles. The molecule has 2 heterocycles. The van der Waals surface area contributed by atoms with E-state index in [2.05, 4.69) is 15.7 Å². The Morgan fingerprint density at radius 1 is 1.26 bits per heavy atom. The Hall–Kier alpha value is -2.39. The molecule has 3 rings (SSSR count). The van der Waals surface area contributed by atoms with Crippen LogP contribution in [0.5, 0.6) is 0 Å². The second-order valence-corrected chi connectivity index (χ2v) is 6.59. The average molecular weight is 382 g/mol. The number of rotatable bonds is 5. The summed E-state index contributed by atoms with van der Waals surface area (Å²) in [5, 5.41) is 9.81. The van der Waals surface area contributed by atoms with E-state index in [0.717, 1.165) is 30.0 Å². The number of ether oxygens (including phenoxy) is 1. The molecule has 9 heteroatoms. The van der Waals surface area contributed by atoms with Crippen LogP contribution in [0.4, 0.5) is 18.9 Å². The van der Waals surface area contributed by atoms with E-state index in [4.69, 9.17) is 4.74 Å². The molecule has 27 heavy (non-hydrogen) atoms. The molecule has 0 radical (unpaired) electrons. The Bertz CT molecular complexity index is 775. The summed E-state index contributed by atoms with van der Waals surface area (Å²) in [7, 11) is 1.56. The van der Waals surface area contributed by atoms with Gasteiger partial charge in [-0.3, -0.25) is 4.79 Å². The Morgan fingerprint density at radius 3 is 2.52 bits per heavy atom. The second-order valence-electron chi connectivity index (χ2n) is 6.59. The van der Waals surface area contributed by atoms with Gasteiger partial charge in [-0.05, 0) is 56.3 Å². The van der Waals surface area contributed by atoms with E-state index in [1.807, 2.05) is 0 Å². The molecule has 0 aliphatic carbocycles. The van der Waals surface area contributed by atoms with Gasteiger partial charge in [-0.25, -0.2) is 4.68 Å². The number of hydrogen-bond donors (Lipinski definition) is 2. The van der Waals surface area contributed by atoms with Crippen LogP contribution in [0.2, 0.25) is 0 Å². The fourth-order valence-corrected chi connectivity index (χ4v) is 3.29. The number of carbonyl (C=O) groups excluding carboxylic acids is 1. The number of hydrogen-bond acceptors (Lipinski definition) is 4. The third kappa shape index (κ3) is 4.14. The van der Waals surface area contributed by atoms with Crippen LogP contribution in [0.15, 0.2) is 36.5 Å². The first-order chi connectivity index (χ1) is 12.9. The molecule has 0 saturated carbocycles. The van der Waals surface area contributed by atoms with E-state index in [1.54, 1.807) is 19.2 Å². The van der Waals surface area contributed by atoms with Crippen LogP contribution in [-0.2, 0) is 15.7 Å². The number of amides is 1. The van der Waals surface area contributed by atoms with E-state index < -0.39 is 17.3 Å². The molecule has 0 atom stereocenters. The second kappa shape index (κ2) is 7.69. The number of halogens is 3. The number of nitrogens with one attached hydrogen (secondary N) is 2. The summed E-state index contributed by atoms with van der Waals surface area (Å²) >= 11 is 0. The highest BCUT2D eigenvalue weighted by Gasteiger charge is 2.39. The van der Waals surface area contributed by atoms with E-state index >= 15 is 0 Å². The number of benzene rings is 1. The summed E-state index contributed by atoms with van der Waals surface area (Å²) in [4.78, 5) is 12.8. The maximum atomic E-state index is 13.0. The molecular formula is C18H21F3N4O2. The highest BCUT2D eigenvalue weighted by atomic mass is 19.4. The van der Waals surface area contributed by atoms with Crippen LogP contribution in [0, 0.1) is 5.41 Å². The lowest BCUT2D eigenvalue weighted by Gasteiger charge is -2.35. The average Bonchev–Trinajstić information content (AvgIpc) is 3.14. The minimum Gasteiger partial charge on any atom is -0.384 e. The van der Waals surface area contributed by atoms with Crippen molar-refractivity contribution in [2.24, 2.45) is 5.41 Å². The maximum Gasteiger partial charge on any atom is 0.433 e. The van der Waals surface area contributed by atoms with Crippen LogP contribution < -0.4 is 10.6 Å². The predicted molar refractivity (Wildman–Crippen MR) is 93.6 cm³/mol. The zero-order valence-corrected chi connectivity index (χ0v) is 14.8. The van der Waals surface area contributed by atoms with Gasteiger partial charge in [0.05, 0.1) is 23.9 Å². The summed E-state index contributed by atoms with van der Waals surface area (Å²) < 4.78 is 45.1. The number of methoxy groups -OCH3 is 1. The highest BCUT2D eigenvalue weighted by Crippen LogP contribution is 2.32. The summed E-state index contributed by atoms with van der Waals surface area (Å²) in [5.74, 6) is -0.145. The molecule has 2 N–H and O–H groups in total. The molecule has 0 bridgehead atoms. The Kier molecular flexibility index (Phi) is 5.52. The van der Waals surface area contributed by atoms with Crippen LogP contribution in [0.1, 0.15) is 18.5 Å². The molecule has 146 valence electrons. The van der Waals surface area contributed by atoms with Crippen molar-refractivity contribution < 1.29 is 22.7 Å². The molecule has 0 spiro atoms. The van der Waals surface area contributed by atoms with Gasteiger partial charge < -0.3 is 15.4 Å². The Labute approximate surface area is 154 Å². The van der Waals surface area contributed by atoms with E-state index in [-0.39, 0.29) is 11.6 Å². The van der Waals surface area contributed by atoms with Gasteiger partial charge in [-0.1, -0.05) is 0 Å². The third-order valence-corrected chi connectivity index (χ3v) is 4.77. The van der Waals surface area contributed by atoms with Crippen molar-refractivity contribution in [2.75, 3.05) is 32.1 Å². The molecule has 6 nitrogen and oxygen atoms in total. The maximum absolute atomic E-state index is 13.0. The highest BCUT2D eigenvalue weighted by molar-refractivity contribution is 5.95. The topological polar surface area (TPSA) is 68.2 Å². The monoisotopic (exact) mass is 382 g/mol. The van der Waals surface area contributed by atoms with Crippen LogP contribution >= 0.6 is 0 Å². The van der Waals surface area contributed by atoms with Gasteiger partial charge in [-0.15, -0.1) is 0 Å². The molecule has 1 aromatic carbocycles. The minimum absolute atomic E-state index is 0.145. The lowest BCUT2D eigenvalue weighted by Crippen LogP contribution is -2.47. The van der Waals surface area contributed by atoms with Crippen molar-refractivity contribution >= 4 is 11.6 Å². The summed E-state index contributed by atoms with van der Waals surface area (Å²) in [6.07, 6.45) is -2.07. The molecule has 2 aromatic rings. The summed E-state index contributed by atoms with van der Waals surface area (Å²) in [5.41, 5.74) is -0.685. The lowest BCUT2D eigenvalue weighted by molar-refractivity contribution is -0.142. The van der Waals surface area contributed by atoms with Crippen LogP contribution in [0.3, 0.4) is 0 Å². The van der Waals surface area contributed by atoms with Gasteiger partial charge in [-0.2, -0.15) is 18.3 Å². The van der Waals surface area contributed by atoms with Crippen molar-refractivity contribution in [3.8, 4) is 5.69 Å². The van der Waals surface area contributed by atoms with E-state index in [1.165, 1.54) is 12.1 Å². The fraction of sp³-hybridized carbons (Fsp3) is 0.444. The number of piperidine rings is 1. The van der Waals surface area contributed by atoms with Crippen molar-refractivity contribution in [3.05, 3.63) is 42.2 Å². The molecule has 1 amide bonds. The zero-order valence-electron chi connectivity index (χ0n) is 14.8. The molecule has 1 fully saturated rings. The predicted octanol–water partition coefficient (Wildman–Crippen LogP) is 2.85. The molecule has 0 unspecified atom stereocenters. The van der Waals surface area contributed by atoms with Crippen LogP contribution in [0.25, 0.3) is 5.69 Å². The summed E-state index contributed by atoms with van der Waals surface area (Å²) in [6, 6.07) is 7.03. The molecule has 1 saturated heterocycles. The number of aromatic nitrogens is 2. The number of carbonyl (C=O) groups is 1. The largest absolute Gasteiger partial charge is 0.433 e. The SMILES string of the molecule is COCC1(C(=O)Nc2ccc(-n3nccc3C(F)(F)F)cc2)CCNCC1. The van der Waals surface area contributed by atoms with Gasteiger partial charge in [0, 0.05) is 12.8 Å². The van der Waals surface area contributed by atoms with Crippen molar-refractivity contribution in [3.63, 3.8) is 0 Å². The first kappa shape index (κ1) is 19.4. The van der Waals surface area contributed by atoms with Gasteiger partial charge in [0.25, 0.3) is 0 Å². The minimum atomic E-state index is -4.50. The Balaban J connectivity index is 1.76. The molecular weight excluding hydrogens is 361 g/mol. The number of nitrogens with zero attached hydrogens (tertiary/aromatic N) is 2. The van der Waals surface area contributed by atoms with E-state index in [0.29, 0.717) is 25.1 Å². The fourth-order valence-electron chi connectivity index (χ4n) is 3.29. The number of anilines is 1. The number of alkyl halides is 3. The first-order valence-corrected chi connectivity index (χ1v) is 8.58. The first-order valence-electron chi connectivity index (χ1n) is 8.58. The van der Waals surface area contributed by atoms with Gasteiger partial charge in [0.2, 0.25) is 5.91 Å². The standard InChI is InChI=1S/C18H21F3N4O2/c1-27-12-17(7-10-22-11-8-17)16(26)24-13-2-4-14(5-3-13)25-15(6-9-23-25)18(19,20)21/h2-6,9,22H,7-8,10-12H2,1H3,(H,24,26). The van der Waals surface area contributed by atoms with Crippen molar-refractivity contribution in [2.45, 2.75) is 19.0 Å². The van der Waals surface area contributed by atoms with Crippen molar-refractivity contribution in [1.82, 2.24) is 15.1 Å². The summed E-state index contributed by atoms with van der Waals surface area (Å²) in [6.45, 7) is 1.78. The van der Waals surface area contributed by atoms with Gasteiger partial charge in [0.15, 0.2) is 0 Å². The van der Waals surface area contributed by atoms with Gasteiger partial charge in [0.1, 0.15) is 5.69 Å². The van der Waals surface area contributed by atoms with Crippen LogP contribution in [-0.4, -0.2) is 42.5 Å². The normalized spacial score (nSPS) is 16.9. The van der Waals surface area contributed by atoms with E-state index in [9.17, 15) is 18.0 Å². The molecule has 1 aromatic heterocycles. The molecule has 1 aliphatic rings. The third-order valence-electron chi connectivity index (χ3n) is 4.77.